The normalized spacial score (nSPS) is 11.5. The molecule has 0 saturated heterocycles. The average Bonchev–Trinajstić information content (AvgIpc) is 3.59. The fourth-order valence-electron chi connectivity index (χ4n) is 7.99. The van der Waals surface area contributed by atoms with E-state index < -0.39 is 0 Å². The number of benzene rings is 9. The van der Waals surface area contributed by atoms with Gasteiger partial charge in [0.05, 0.1) is 0 Å². The topological polar surface area (TPSA) is 13.1 Å². The second-order valence-corrected chi connectivity index (χ2v) is 13.2. The van der Waals surface area contributed by atoms with E-state index in [1.807, 2.05) is 6.07 Å². The molecule has 0 fully saturated rings. The highest BCUT2D eigenvalue weighted by Gasteiger charge is 2.20. The fraction of sp³-hybridized carbons (Fsp3) is 0. The largest absolute Gasteiger partial charge is 0.456 e. The Labute approximate surface area is 296 Å². The third-order valence-corrected chi connectivity index (χ3v) is 10.3. The summed E-state index contributed by atoms with van der Waals surface area (Å²) in [7, 11) is 0. The summed E-state index contributed by atoms with van der Waals surface area (Å²) in [6.45, 7) is 0. The predicted molar refractivity (Wildman–Crippen MR) is 216 cm³/mol. The van der Waals surface area contributed by atoms with Crippen LogP contribution in [0.4, 0.5) is 0 Å². The van der Waals surface area contributed by atoms with Crippen molar-refractivity contribution in [1.29, 1.82) is 0 Å². The second kappa shape index (κ2) is 12.0. The molecular weight excluding hydrogens is 617 g/mol. The van der Waals surface area contributed by atoms with Gasteiger partial charge in [-0.3, -0.25) is 0 Å². The molecule has 0 amide bonds. The number of para-hydroxylation sites is 1. The Morgan fingerprint density at radius 2 is 0.725 bits per heavy atom. The SMILES string of the molecule is c1ccc(-c2ccc3c(-c4ccc(-c5ccc6oc7ccccc7c6c5-c5ccccc5)cc4)c4ccccc4c(-c4ccccc4)c3c2)cc1. The van der Waals surface area contributed by atoms with Gasteiger partial charge < -0.3 is 4.42 Å². The van der Waals surface area contributed by atoms with Gasteiger partial charge >= 0.3 is 0 Å². The summed E-state index contributed by atoms with van der Waals surface area (Å²) >= 11 is 0. The molecule has 0 spiro atoms. The highest BCUT2D eigenvalue weighted by Crippen LogP contribution is 2.46. The summed E-state index contributed by atoms with van der Waals surface area (Å²) in [4.78, 5) is 0. The third kappa shape index (κ3) is 4.86. The van der Waals surface area contributed by atoms with Crippen LogP contribution in [0.1, 0.15) is 0 Å². The van der Waals surface area contributed by atoms with Crippen LogP contribution in [0.15, 0.2) is 199 Å². The van der Waals surface area contributed by atoms with Gasteiger partial charge in [-0.05, 0) is 89.8 Å². The van der Waals surface area contributed by atoms with Crippen LogP contribution in [0.2, 0.25) is 0 Å². The van der Waals surface area contributed by atoms with E-state index in [-0.39, 0.29) is 0 Å². The smallest absolute Gasteiger partial charge is 0.136 e. The van der Waals surface area contributed by atoms with E-state index in [0.29, 0.717) is 0 Å². The van der Waals surface area contributed by atoms with Crippen LogP contribution in [0.5, 0.6) is 0 Å². The minimum absolute atomic E-state index is 0.904. The van der Waals surface area contributed by atoms with Crippen molar-refractivity contribution in [2.75, 3.05) is 0 Å². The Morgan fingerprint density at radius 3 is 1.39 bits per heavy atom. The molecule has 0 unspecified atom stereocenters. The molecule has 1 heterocycles. The molecule has 0 aliphatic rings. The average molecular weight is 649 g/mol. The van der Waals surface area contributed by atoms with Crippen molar-refractivity contribution in [3.8, 4) is 55.6 Å². The van der Waals surface area contributed by atoms with Crippen molar-refractivity contribution in [3.63, 3.8) is 0 Å². The molecule has 0 radical (unpaired) electrons. The van der Waals surface area contributed by atoms with Crippen molar-refractivity contribution >= 4 is 43.5 Å². The first-order chi connectivity index (χ1) is 25.3. The van der Waals surface area contributed by atoms with E-state index in [1.165, 1.54) is 77.2 Å². The molecule has 51 heavy (non-hydrogen) atoms. The zero-order chi connectivity index (χ0) is 33.7. The summed E-state index contributed by atoms with van der Waals surface area (Å²) in [6, 6.07) is 69.9. The Kier molecular flexibility index (Phi) is 6.89. The van der Waals surface area contributed by atoms with Crippen molar-refractivity contribution in [3.05, 3.63) is 194 Å². The van der Waals surface area contributed by atoms with Crippen LogP contribution in [0, 0.1) is 0 Å². The van der Waals surface area contributed by atoms with Gasteiger partial charge in [0, 0.05) is 16.3 Å². The predicted octanol–water partition coefficient (Wildman–Crippen LogP) is 14.2. The summed E-state index contributed by atoms with van der Waals surface area (Å²) in [5.74, 6) is 0. The number of hydrogen-bond acceptors (Lipinski definition) is 1. The molecule has 10 aromatic rings. The van der Waals surface area contributed by atoms with Gasteiger partial charge in [0.1, 0.15) is 11.2 Å². The molecule has 1 heteroatoms. The lowest BCUT2D eigenvalue weighted by atomic mass is 9.84. The number of rotatable bonds is 5. The summed E-state index contributed by atoms with van der Waals surface area (Å²) in [5, 5.41) is 7.29. The molecule has 10 rings (SSSR count). The van der Waals surface area contributed by atoms with Crippen LogP contribution in [0.25, 0.3) is 99.1 Å². The summed E-state index contributed by atoms with van der Waals surface area (Å²) in [5.41, 5.74) is 13.9. The van der Waals surface area contributed by atoms with Crippen LogP contribution >= 0.6 is 0 Å². The molecule has 0 atom stereocenters. The summed E-state index contributed by atoms with van der Waals surface area (Å²) in [6.07, 6.45) is 0. The van der Waals surface area contributed by atoms with Crippen LogP contribution in [-0.2, 0) is 0 Å². The Hall–Kier alpha value is -6.70. The number of fused-ring (bicyclic) bond motifs is 5. The Morgan fingerprint density at radius 1 is 0.255 bits per heavy atom. The number of furan rings is 1. The quantitative estimate of drug-likeness (QED) is 0.169. The number of hydrogen-bond donors (Lipinski definition) is 0. The maximum absolute atomic E-state index is 6.34. The maximum Gasteiger partial charge on any atom is 0.136 e. The first kappa shape index (κ1) is 29.2. The van der Waals surface area contributed by atoms with E-state index in [1.54, 1.807) is 0 Å². The van der Waals surface area contributed by atoms with E-state index in [9.17, 15) is 0 Å². The van der Waals surface area contributed by atoms with Gasteiger partial charge in [0.25, 0.3) is 0 Å². The second-order valence-electron chi connectivity index (χ2n) is 13.2. The molecule has 1 aromatic heterocycles. The van der Waals surface area contributed by atoms with Crippen molar-refractivity contribution < 1.29 is 4.42 Å². The van der Waals surface area contributed by atoms with Crippen molar-refractivity contribution in [2.24, 2.45) is 0 Å². The summed E-state index contributed by atoms with van der Waals surface area (Å²) < 4.78 is 6.34. The molecule has 0 saturated carbocycles. The molecule has 0 aliphatic heterocycles. The Balaban J connectivity index is 1.21. The zero-order valence-electron chi connectivity index (χ0n) is 27.9. The van der Waals surface area contributed by atoms with Gasteiger partial charge in [-0.25, -0.2) is 0 Å². The van der Waals surface area contributed by atoms with Crippen LogP contribution in [0.3, 0.4) is 0 Å². The minimum Gasteiger partial charge on any atom is -0.456 e. The van der Waals surface area contributed by atoms with Crippen LogP contribution in [-0.4, -0.2) is 0 Å². The van der Waals surface area contributed by atoms with E-state index in [2.05, 4.69) is 188 Å². The first-order valence-electron chi connectivity index (χ1n) is 17.5. The lowest BCUT2D eigenvalue weighted by Crippen LogP contribution is -1.92. The lowest BCUT2D eigenvalue weighted by molar-refractivity contribution is 0.669. The van der Waals surface area contributed by atoms with E-state index >= 15 is 0 Å². The zero-order valence-corrected chi connectivity index (χ0v) is 27.9. The van der Waals surface area contributed by atoms with Crippen molar-refractivity contribution in [1.82, 2.24) is 0 Å². The molecule has 0 aliphatic carbocycles. The first-order valence-corrected chi connectivity index (χ1v) is 17.5. The highest BCUT2D eigenvalue weighted by molar-refractivity contribution is 6.22. The fourth-order valence-corrected chi connectivity index (χ4v) is 7.99. The molecule has 9 aromatic carbocycles. The van der Waals surface area contributed by atoms with Gasteiger partial charge in [0.2, 0.25) is 0 Å². The van der Waals surface area contributed by atoms with Gasteiger partial charge in [-0.2, -0.15) is 0 Å². The van der Waals surface area contributed by atoms with Gasteiger partial charge in [-0.15, -0.1) is 0 Å². The van der Waals surface area contributed by atoms with E-state index in [0.717, 1.165) is 21.9 Å². The Bertz CT molecular complexity index is 2860. The molecule has 0 bridgehead atoms. The molecule has 1 nitrogen and oxygen atoms in total. The van der Waals surface area contributed by atoms with E-state index in [4.69, 9.17) is 4.42 Å². The molecular formula is C50H32O. The maximum atomic E-state index is 6.34. The minimum atomic E-state index is 0.904. The molecule has 238 valence electrons. The lowest BCUT2D eigenvalue weighted by Gasteiger charge is -2.19. The highest BCUT2D eigenvalue weighted by atomic mass is 16.3. The van der Waals surface area contributed by atoms with Crippen LogP contribution < -0.4 is 0 Å². The monoisotopic (exact) mass is 648 g/mol. The third-order valence-electron chi connectivity index (χ3n) is 10.3. The van der Waals surface area contributed by atoms with Gasteiger partial charge in [0.15, 0.2) is 0 Å². The van der Waals surface area contributed by atoms with Crippen molar-refractivity contribution in [2.45, 2.75) is 0 Å². The molecule has 0 N–H and O–H groups in total. The van der Waals surface area contributed by atoms with Gasteiger partial charge in [-0.1, -0.05) is 176 Å². The standard InChI is InChI=1S/C50H32O/c1-4-14-33(15-5-1)38-28-29-42-44(32-38)48(35-16-6-2-7-17-35)41-21-11-10-20-40(41)47(42)37-26-24-34(25-27-37)39-30-31-46-50(43-22-12-13-23-45(43)51-46)49(39)36-18-8-3-9-19-36/h1-32H.